The topological polar surface area (TPSA) is 37.3 Å². The smallest absolute Gasteiger partial charge is 0.318 e. The summed E-state index contributed by atoms with van der Waals surface area (Å²) in [6, 6.07) is 20.9. The van der Waals surface area contributed by atoms with E-state index in [1.807, 2.05) is 11.0 Å². The van der Waals surface area contributed by atoms with Gasteiger partial charge in [0.2, 0.25) is 0 Å². The molecule has 1 aliphatic rings. The Morgan fingerprint density at radius 1 is 1.11 bits per heavy atom. The Bertz CT molecular complexity index is 964. The number of para-hydroxylation sites is 1. The molecule has 4 nitrogen and oxygen atoms in total. The van der Waals surface area contributed by atoms with Crippen LogP contribution in [0.4, 0.5) is 4.79 Å². The van der Waals surface area contributed by atoms with Gasteiger partial charge in [-0.15, -0.1) is 11.8 Å². The molecular weight excluding hydrogens is 366 g/mol. The van der Waals surface area contributed by atoms with Crippen LogP contribution < -0.4 is 5.32 Å². The molecule has 0 saturated heterocycles. The number of nitrogens with one attached hydrogen (secondary N) is 1. The first-order chi connectivity index (χ1) is 13.7. The number of carbonyl (C=O) groups excluding carboxylic acids is 1. The molecule has 0 bridgehead atoms. The van der Waals surface area contributed by atoms with Gasteiger partial charge in [0.1, 0.15) is 0 Å². The van der Waals surface area contributed by atoms with Gasteiger partial charge in [-0.05, 0) is 54.1 Å². The highest BCUT2D eigenvalue weighted by atomic mass is 32.2. The molecule has 0 fully saturated rings. The van der Waals surface area contributed by atoms with Crippen molar-refractivity contribution in [1.29, 1.82) is 0 Å². The van der Waals surface area contributed by atoms with Crippen LogP contribution in [-0.4, -0.2) is 28.3 Å². The third-order valence-electron chi connectivity index (χ3n) is 5.18. The van der Waals surface area contributed by atoms with Crippen LogP contribution >= 0.6 is 11.8 Å². The molecule has 1 aliphatic heterocycles. The molecule has 4 rings (SSSR count). The van der Waals surface area contributed by atoms with Gasteiger partial charge in [-0.2, -0.15) is 0 Å². The average molecular weight is 392 g/mol. The number of benzene rings is 2. The van der Waals surface area contributed by atoms with Crippen LogP contribution in [-0.2, 0) is 6.54 Å². The van der Waals surface area contributed by atoms with Crippen LogP contribution in [0, 0.1) is 0 Å². The van der Waals surface area contributed by atoms with Crippen molar-refractivity contribution in [1.82, 2.24) is 14.8 Å². The summed E-state index contributed by atoms with van der Waals surface area (Å²) >= 11 is 1.73. The molecule has 0 spiro atoms. The molecule has 0 saturated carbocycles. The van der Waals surface area contributed by atoms with Gasteiger partial charge in [-0.3, -0.25) is 0 Å². The number of amides is 2. The van der Waals surface area contributed by atoms with Gasteiger partial charge in [0, 0.05) is 23.3 Å². The van der Waals surface area contributed by atoms with E-state index in [0.717, 1.165) is 28.9 Å². The number of fused-ring (bicyclic) bond motifs is 3. The first-order valence-corrected chi connectivity index (χ1v) is 10.9. The fourth-order valence-corrected chi connectivity index (χ4v) is 4.22. The number of hydrogen-bond donors (Lipinski definition) is 1. The molecule has 144 valence electrons. The largest absolute Gasteiger partial charge is 0.338 e. The van der Waals surface area contributed by atoms with Gasteiger partial charge in [0.05, 0.1) is 18.3 Å². The van der Waals surface area contributed by atoms with Gasteiger partial charge in [0.15, 0.2) is 0 Å². The lowest BCUT2D eigenvalue weighted by atomic mass is 10.0. The van der Waals surface area contributed by atoms with Crippen molar-refractivity contribution in [2.75, 3.05) is 12.8 Å². The van der Waals surface area contributed by atoms with Crippen LogP contribution in [0.15, 0.2) is 71.8 Å². The van der Waals surface area contributed by atoms with Gasteiger partial charge in [-0.25, -0.2) is 4.79 Å². The second-order valence-corrected chi connectivity index (χ2v) is 7.85. The Hall–Kier alpha value is -2.66. The van der Waals surface area contributed by atoms with E-state index in [1.54, 1.807) is 11.8 Å². The van der Waals surface area contributed by atoms with Crippen molar-refractivity contribution in [2.24, 2.45) is 0 Å². The summed E-state index contributed by atoms with van der Waals surface area (Å²) in [6.45, 7) is 3.32. The fourth-order valence-electron chi connectivity index (χ4n) is 3.81. The third kappa shape index (κ3) is 3.42. The van der Waals surface area contributed by atoms with Crippen LogP contribution in [0.5, 0.6) is 0 Å². The summed E-state index contributed by atoms with van der Waals surface area (Å²) < 4.78 is 2.22. The molecule has 1 unspecified atom stereocenters. The van der Waals surface area contributed by atoms with Crippen molar-refractivity contribution >= 4 is 17.8 Å². The zero-order chi connectivity index (χ0) is 19.5. The van der Waals surface area contributed by atoms with Gasteiger partial charge in [-0.1, -0.05) is 37.3 Å². The van der Waals surface area contributed by atoms with E-state index in [-0.39, 0.29) is 12.1 Å². The molecule has 0 aliphatic carbocycles. The normalized spacial score (nSPS) is 15.5. The second kappa shape index (κ2) is 8.15. The van der Waals surface area contributed by atoms with E-state index in [4.69, 9.17) is 0 Å². The predicted molar refractivity (Wildman–Crippen MR) is 115 cm³/mol. The summed E-state index contributed by atoms with van der Waals surface area (Å²) in [5.41, 5.74) is 4.51. The molecule has 3 aromatic rings. The molecule has 2 amide bonds. The second-order valence-electron chi connectivity index (χ2n) is 6.97. The molecule has 5 heteroatoms. The zero-order valence-corrected chi connectivity index (χ0v) is 17.1. The first-order valence-electron chi connectivity index (χ1n) is 9.67. The fraction of sp³-hybridized carbons (Fsp3) is 0.261. The van der Waals surface area contributed by atoms with Crippen molar-refractivity contribution < 1.29 is 4.79 Å². The standard InChI is InChI=1S/C23H25N3OS/c1-3-14-24-23(27)26-16-18-7-4-5-8-20(18)25-15-6-9-21(25)22(26)17-10-12-19(28-2)13-11-17/h4-13,15,22H,3,14,16H2,1-2H3,(H,24,27). The van der Waals surface area contributed by atoms with Crippen LogP contribution in [0.2, 0.25) is 0 Å². The maximum absolute atomic E-state index is 13.2. The molecule has 2 aromatic carbocycles. The molecule has 1 N–H and O–H groups in total. The number of nitrogens with zero attached hydrogens (tertiary/aromatic N) is 2. The Balaban J connectivity index is 1.85. The summed E-state index contributed by atoms with van der Waals surface area (Å²) in [4.78, 5) is 16.3. The average Bonchev–Trinajstić information content (AvgIpc) is 3.16. The number of aromatic nitrogens is 1. The van der Waals surface area contributed by atoms with E-state index >= 15 is 0 Å². The lowest BCUT2D eigenvalue weighted by Crippen LogP contribution is -2.42. The summed E-state index contributed by atoms with van der Waals surface area (Å²) in [5.74, 6) is 0. The molecule has 1 aromatic heterocycles. The number of rotatable bonds is 4. The minimum atomic E-state index is -0.143. The quantitative estimate of drug-likeness (QED) is 0.619. The van der Waals surface area contributed by atoms with Gasteiger partial charge in [0.25, 0.3) is 0 Å². The molecular formula is C23H25N3OS. The number of urea groups is 1. The van der Waals surface area contributed by atoms with Crippen molar-refractivity contribution in [2.45, 2.75) is 30.8 Å². The van der Waals surface area contributed by atoms with Gasteiger partial charge >= 0.3 is 6.03 Å². The molecule has 2 heterocycles. The van der Waals surface area contributed by atoms with E-state index < -0.39 is 0 Å². The SMILES string of the molecule is CCCNC(=O)N1Cc2ccccc2-n2cccc2C1c1ccc(SC)cc1. The highest BCUT2D eigenvalue weighted by Crippen LogP contribution is 2.37. The Morgan fingerprint density at radius 3 is 2.64 bits per heavy atom. The lowest BCUT2D eigenvalue weighted by molar-refractivity contribution is 0.180. The maximum Gasteiger partial charge on any atom is 0.318 e. The lowest BCUT2D eigenvalue weighted by Gasteiger charge is -2.31. The number of hydrogen-bond acceptors (Lipinski definition) is 2. The van der Waals surface area contributed by atoms with E-state index in [0.29, 0.717) is 13.1 Å². The molecule has 1 atom stereocenters. The monoisotopic (exact) mass is 391 g/mol. The molecule has 0 radical (unpaired) electrons. The van der Waals surface area contributed by atoms with Crippen LogP contribution in [0.3, 0.4) is 0 Å². The summed E-state index contributed by atoms with van der Waals surface area (Å²) in [7, 11) is 0. The van der Waals surface area contributed by atoms with Crippen LogP contribution in [0.1, 0.15) is 36.2 Å². The Labute approximate surface area is 170 Å². The number of thioether (sulfide) groups is 1. The van der Waals surface area contributed by atoms with E-state index in [1.165, 1.54) is 4.90 Å². The van der Waals surface area contributed by atoms with E-state index in [9.17, 15) is 4.79 Å². The highest BCUT2D eigenvalue weighted by Gasteiger charge is 2.32. The Morgan fingerprint density at radius 2 is 1.89 bits per heavy atom. The minimum Gasteiger partial charge on any atom is -0.338 e. The Kier molecular flexibility index (Phi) is 5.44. The van der Waals surface area contributed by atoms with E-state index in [2.05, 4.69) is 83.9 Å². The minimum absolute atomic E-state index is 0.0229. The van der Waals surface area contributed by atoms with Gasteiger partial charge < -0.3 is 14.8 Å². The third-order valence-corrected chi connectivity index (χ3v) is 5.93. The highest BCUT2D eigenvalue weighted by molar-refractivity contribution is 7.98. The first kappa shape index (κ1) is 18.7. The maximum atomic E-state index is 13.2. The summed E-state index contributed by atoms with van der Waals surface area (Å²) in [6.07, 6.45) is 5.08. The number of carbonyl (C=O) groups is 1. The van der Waals surface area contributed by atoms with Crippen molar-refractivity contribution in [3.63, 3.8) is 0 Å². The van der Waals surface area contributed by atoms with Crippen LogP contribution in [0.25, 0.3) is 5.69 Å². The zero-order valence-electron chi connectivity index (χ0n) is 16.3. The molecule has 28 heavy (non-hydrogen) atoms. The van der Waals surface area contributed by atoms with Crippen molar-refractivity contribution in [3.8, 4) is 5.69 Å². The van der Waals surface area contributed by atoms with Crippen molar-refractivity contribution in [3.05, 3.63) is 83.7 Å². The predicted octanol–water partition coefficient (Wildman–Crippen LogP) is 5.22. The summed E-state index contributed by atoms with van der Waals surface area (Å²) in [5, 5.41) is 3.08.